The number of nitrogens with zero attached hydrogens (tertiary/aromatic N) is 2. The Bertz CT molecular complexity index is 1030. The standard InChI is InChI=1S/C27H35N3O7/c1-26(2,3)36-24(33)30(25(34)37-27(4,5)6)29(18-20-13-9-7-10-14-20)22(31)17-28-23(32)35-19-21-15-11-8-12-16-21/h7-16H,17-19H2,1-6H3,(H,28,32). The fourth-order valence-electron chi connectivity index (χ4n) is 2.92. The summed E-state index contributed by atoms with van der Waals surface area (Å²) in [6, 6.07) is 17.8. The highest BCUT2D eigenvalue weighted by molar-refractivity contribution is 5.92. The zero-order valence-electron chi connectivity index (χ0n) is 22.1. The van der Waals surface area contributed by atoms with Gasteiger partial charge in [0.05, 0.1) is 6.54 Å². The molecule has 0 unspecified atom stereocenters. The van der Waals surface area contributed by atoms with E-state index in [0.717, 1.165) is 10.6 Å². The number of hydrazine groups is 1. The molecule has 0 aliphatic carbocycles. The molecule has 10 heteroatoms. The van der Waals surface area contributed by atoms with Gasteiger partial charge in [0.15, 0.2) is 0 Å². The molecule has 0 heterocycles. The Balaban J connectivity index is 2.26. The summed E-state index contributed by atoms with van der Waals surface area (Å²) in [6.45, 7) is 9.07. The topological polar surface area (TPSA) is 114 Å². The second-order valence-electron chi connectivity index (χ2n) is 10.1. The minimum atomic E-state index is -1.10. The normalized spacial score (nSPS) is 11.2. The molecule has 0 saturated carbocycles. The fraction of sp³-hybridized carbons (Fsp3) is 0.407. The molecule has 2 aromatic rings. The van der Waals surface area contributed by atoms with Crippen LogP contribution < -0.4 is 5.32 Å². The third kappa shape index (κ3) is 10.6. The Kier molecular flexibility index (Phi) is 10.0. The summed E-state index contributed by atoms with van der Waals surface area (Å²) in [6.07, 6.45) is -3.03. The Morgan fingerprint density at radius 2 is 1.19 bits per heavy atom. The van der Waals surface area contributed by atoms with E-state index in [4.69, 9.17) is 14.2 Å². The van der Waals surface area contributed by atoms with Crippen LogP contribution in [0.3, 0.4) is 0 Å². The molecule has 2 rings (SSSR count). The van der Waals surface area contributed by atoms with Gasteiger partial charge in [-0.15, -0.1) is 5.01 Å². The van der Waals surface area contributed by atoms with Gasteiger partial charge in [0.25, 0.3) is 5.91 Å². The van der Waals surface area contributed by atoms with Crippen LogP contribution in [0.5, 0.6) is 0 Å². The van der Waals surface area contributed by atoms with Gasteiger partial charge in [-0.2, -0.15) is 0 Å². The van der Waals surface area contributed by atoms with Gasteiger partial charge in [0, 0.05) is 0 Å². The lowest BCUT2D eigenvalue weighted by molar-refractivity contribution is -0.147. The van der Waals surface area contributed by atoms with Crippen molar-refractivity contribution in [1.82, 2.24) is 15.3 Å². The van der Waals surface area contributed by atoms with Crippen LogP contribution in [0, 0.1) is 0 Å². The number of ether oxygens (including phenoxy) is 3. The number of amides is 4. The van der Waals surface area contributed by atoms with Crippen LogP contribution in [-0.4, -0.2) is 52.0 Å². The Morgan fingerprint density at radius 3 is 1.65 bits per heavy atom. The summed E-state index contributed by atoms with van der Waals surface area (Å²) in [5, 5.41) is 3.77. The number of alkyl carbamates (subject to hydrolysis) is 1. The zero-order chi connectivity index (χ0) is 27.6. The summed E-state index contributed by atoms with van der Waals surface area (Å²) in [5.74, 6) is -0.766. The van der Waals surface area contributed by atoms with Crippen LogP contribution in [-0.2, 0) is 32.2 Å². The maximum atomic E-state index is 13.3. The Labute approximate surface area is 217 Å². The molecule has 0 aliphatic rings. The lowest BCUT2D eigenvalue weighted by atomic mass is 10.2. The molecule has 200 valence electrons. The van der Waals surface area contributed by atoms with Crippen LogP contribution in [0.1, 0.15) is 52.7 Å². The van der Waals surface area contributed by atoms with Gasteiger partial charge in [-0.25, -0.2) is 19.4 Å². The van der Waals surface area contributed by atoms with E-state index in [2.05, 4.69) is 5.32 Å². The lowest BCUT2D eigenvalue weighted by Crippen LogP contribution is -2.56. The second kappa shape index (κ2) is 12.8. The van der Waals surface area contributed by atoms with Crippen molar-refractivity contribution in [2.75, 3.05) is 6.54 Å². The first-order valence-electron chi connectivity index (χ1n) is 11.8. The SMILES string of the molecule is CC(C)(C)OC(=O)N(C(=O)OC(C)(C)C)N(Cc1ccccc1)C(=O)CNC(=O)OCc1ccccc1. The number of imide groups is 1. The van der Waals surface area contributed by atoms with Crippen molar-refractivity contribution in [3.05, 3.63) is 71.8 Å². The number of hydrogen-bond acceptors (Lipinski definition) is 7. The number of carbonyl (C=O) groups excluding carboxylic acids is 4. The van der Waals surface area contributed by atoms with Gasteiger partial charge in [-0.1, -0.05) is 60.7 Å². The van der Waals surface area contributed by atoms with Crippen LogP contribution in [0.15, 0.2) is 60.7 Å². The van der Waals surface area contributed by atoms with Crippen molar-refractivity contribution in [3.8, 4) is 0 Å². The number of rotatable bonds is 6. The van der Waals surface area contributed by atoms with Crippen molar-refractivity contribution in [1.29, 1.82) is 0 Å². The van der Waals surface area contributed by atoms with Crippen LogP contribution in [0.25, 0.3) is 0 Å². The predicted molar refractivity (Wildman–Crippen MR) is 136 cm³/mol. The third-order valence-corrected chi connectivity index (χ3v) is 4.43. The Morgan fingerprint density at radius 1 is 0.730 bits per heavy atom. The number of nitrogens with one attached hydrogen (secondary N) is 1. The summed E-state index contributed by atoms with van der Waals surface area (Å²) in [4.78, 5) is 51.8. The van der Waals surface area contributed by atoms with E-state index >= 15 is 0 Å². The molecule has 0 atom stereocenters. The van der Waals surface area contributed by atoms with E-state index in [0.29, 0.717) is 10.6 Å². The van der Waals surface area contributed by atoms with Crippen molar-refractivity contribution in [2.45, 2.75) is 65.9 Å². The van der Waals surface area contributed by atoms with Crippen molar-refractivity contribution >= 4 is 24.2 Å². The first-order valence-corrected chi connectivity index (χ1v) is 11.8. The molecule has 0 aliphatic heterocycles. The van der Waals surface area contributed by atoms with Gasteiger partial charge < -0.3 is 19.5 Å². The summed E-state index contributed by atoms with van der Waals surface area (Å²) in [7, 11) is 0. The first-order chi connectivity index (χ1) is 17.2. The van der Waals surface area contributed by atoms with Crippen LogP contribution >= 0.6 is 0 Å². The Hall–Kier alpha value is -4.08. The molecule has 1 N–H and O–H groups in total. The maximum Gasteiger partial charge on any atom is 0.439 e. The minimum Gasteiger partial charge on any atom is -0.445 e. The summed E-state index contributed by atoms with van der Waals surface area (Å²) < 4.78 is 15.9. The van der Waals surface area contributed by atoms with E-state index in [-0.39, 0.29) is 13.2 Å². The zero-order valence-corrected chi connectivity index (χ0v) is 22.1. The van der Waals surface area contributed by atoms with Crippen molar-refractivity contribution < 1.29 is 33.4 Å². The van der Waals surface area contributed by atoms with Crippen LogP contribution in [0.4, 0.5) is 14.4 Å². The molecular weight excluding hydrogens is 478 g/mol. The molecule has 0 bridgehead atoms. The number of hydrogen-bond donors (Lipinski definition) is 1. The van der Waals surface area contributed by atoms with Crippen molar-refractivity contribution in [2.24, 2.45) is 0 Å². The second-order valence-corrected chi connectivity index (χ2v) is 10.1. The highest BCUT2D eigenvalue weighted by atomic mass is 16.6. The summed E-state index contributed by atoms with van der Waals surface area (Å²) in [5.41, 5.74) is -0.522. The molecule has 0 fully saturated rings. The first kappa shape index (κ1) is 29.2. The molecular formula is C27H35N3O7. The monoisotopic (exact) mass is 513 g/mol. The third-order valence-electron chi connectivity index (χ3n) is 4.43. The minimum absolute atomic E-state index is 0.0105. The molecule has 0 radical (unpaired) electrons. The molecule has 0 spiro atoms. The molecule has 10 nitrogen and oxygen atoms in total. The highest BCUT2D eigenvalue weighted by Crippen LogP contribution is 2.18. The molecule has 4 amide bonds. The van der Waals surface area contributed by atoms with Gasteiger partial charge in [-0.3, -0.25) is 4.79 Å². The van der Waals surface area contributed by atoms with Crippen molar-refractivity contribution in [3.63, 3.8) is 0 Å². The lowest BCUT2D eigenvalue weighted by Gasteiger charge is -2.35. The number of benzene rings is 2. The van der Waals surface area contributed by atoms with Gasteiger partial charge in [0.2, 0.25) is 0 Å². The average molecular weight is 514 g/mol. The number of carbonyl (C=O) groups is 4. The summed E-state index contributed by atoms with van der Waals surface area (Å²) >= 11 is 0. The quantitative estimate of drug-likeness (QED) is 0.426. The van der Waals surface area contributed by atoms with E-state index in [1.54, 1.807) is 84.0 Å². The van der Waals surface area contributed by atoms with Crippen LogP contribution in [0.2, 0.25) is 0 Å². The van der Waals surface area contributed by atoms with E-state index in [1.807, 2.05) is 18.2 Å². The van der Waals surface area contributed by atoms with Gasteiger partial charge in [0.1, 0.15) is 24.4 Å². The smallest absolute Gasteiger partial charge is 0.439 e. The fourth-order valence-corrected chi connectivity index (χ4v) is 2.92. The maximum absolute atomic E-state index is 13.3. The molecule has 0 aromatic heterocycles. The highest BCUT2D eigenvalue weighted by Gasteiger charge is 2.38. The van der Waals surface area contributed by atoms with Gasteiger partial charge in [-0.05, 0) is 52.7 Å². The average Bonchev–Trinajstić information content (AvgIpc) is 2.79. The largest absolute Gasteiger partial charge is 0.445 e. The molecule has 37 heavy (non-hydrogen) atoms. The van der Waals surface area contributed by atoms with Gasteiger partial charge >= 0.3 is 18.3 Å². The van der Waals surface area contributed by atoms with E-state index < -0.39 is 41.9 Å². The van der Waals surface area contributed by atoms with E-state index in [9.17, 15) is 19.2 Å². The van der Waals surface area contributed by atoms with E-state index in [1.165, 1.54) is 0 Å². The molecule has 0 saturated heterocycles. The molecule has 2 aromatic carbocycles. The predicted octanol–water partition coefficient (Wildman–Crippen LogP) is 5.03.